The van der Waals surface area contributed by atoms with Crippen molar-refractivity contribution >= 4 is 33.5 Å². The van der Waals surface area contributed by atoms with Crippen molar-refractivity contribution in [3.8, 4) is 11.3 Å². The third kappa shape index (κ3) is 1.98. The summed E-state index contributed by atoms with van der Waals surface area (Å²) >= 11 is 9.07. The van der Waals surface area contributed by atoms with Gasteiger partial charge in [-0.2, -0.15) is 0 Å². The van der Waals surface area contributed by atoms with Crippen LogP contribution in [-0.2, 0) is 0 Å². The molecule has 0 aliphatic rings. The van der Waals surface area contributed by atoms with E-state index >= 15 is 0 Å². The number of rotatable bonds is 1. The molecule has 1 aromatic carbocycles. The fourth-order valence-corrected chi connectivity index (χ4v) is 1.83. The summed E-state index contributed by atoms with van der Waals surface area (Å²) < 4.78 is 14.2. The van der Waals surface area contributed by atoms with Gasteiger partial charge in [-0.05, 0) is 18.2 Å². The van der Waals surface area contributed by atoms with E-state index in [0.717, 1.165) is 4.47 Å². The second-order valence-corrected chi connectivity index (χ2v) is 4.20. The van der Waals surface area contributed by atoms with Crippen LogP contribution in [-0.4, -0.2) is 9.97 Å². The van der Waals surface area contributed by atoms with Gasteiger partial charge in [0.2, 0.25) is 0 Å². The molecule has 0 fully saturated rings. The van der Waals surface area contributed by atoms with E-state index in [1.807, 2.05) is 0 Å². The SMILES string of the molecule is Nc1nc(-c2cc(Br)ccc2F)c(Cl)[nH]1. The molecule has 2 aromatic rings. The molecule has 78 valence electrons. The number of nitrogens with two attached hydrogens (primary N) is 1. The van der Waals surface area contributed by atoms with Crippen molar-refractivity contribution in [1.82, 2.24) is 9.97 Å². The Bertz CT molecular complexity index is 512. The summed E-state index contributed by atoms with van der Waals surface area (Å²) in [7, 11) is 0. The van der Waals surface area contributed by atoms with Gasteiger partial charge in [0, 0.05) is 10.0 Å². The Kier molecular flexibility index (Phi) is 2.67. The Hall–Kier alpha value is -1.07. The summed E-state index contributed by atoms with van der Waals surface area (Å²) in [5, 5.41) is 0.226. The molecule has 1 aromatic heterocycles. The molecular weight excluding hydrogens is 284 g/mol. The molecule has 0 atom stereocenters. The highest BCUT2D eigenvalue weighted by molar-refractivity contribution is 9.10. The monoisotopic (exact) mass is 289 g/mol. The molecule has 3 nitrogen and oxygen atoms in total. The molecule has 0 saturated heterocycles. The van der Waals surface area contributed by atoms with Crippen molar-refractivity contribution in [3.05, 3.63) is 33.6 Å². The maximum atomic E-state index is 13.5. The number of H-pyrrole nitrogens is 1. The van der Waals surface area contributed by atoms with Crippen LogP contribution in [0.5, 0.6) is 0 Å². The van der Waals surface area contributed by atoms with E-state index in [4.69, 9.17) is 17.3 Å². The Balaban J connectivity index is 2.62. The van der Waals surface area contributed by atoms with E-state index in [1.54, 1.807) is 12.1 Å². The highest BCUT2D eigenvalue weighted by atomic mass is 79.9. The first-order valence-corrected chi connectivity index (χ1v) is 5.21. The van der Waals surface area contributed by atoms with Crippen molar-refractivity contribution in [2.24, 2.45) is 0 Å². The molecule has 0 saturated carbocycles. The first-order valence-electron chi connectivity index (χ1n) is 4.04. The number of aromatic nitrogens is 2. The third-order valence-corrected chi connectivity index (χ3v) is 2.63. The average Bonchev–Trinajstić information content (AvgIpc) is 2.50. The number of nitrogens with zero attached hydrogens (tertiary/aromatic N) is 1. The number of imidazole rings is 1. The number of nitrogen functional groups attached to an aromatic ring is 1. The molecule has 0 bridgehead atoms. The normalized spacial score (nSPS) is 10.6. The summed E-state index contributed by atoms with van der Waals surface area (Å²) in [5.74, 6) is -0.235. The van der Waals surface area contributed by atoms with E-state index in [-0.39, 0.29) is 11.1 Å². The molecule has 3 N–H and O–H groups in total. The van der Waals surface area contributed by atoms with Gasteiger partial charge >= 0.3 is 0 Å². The topological polar surface area (TPSA) is 54.7 Å². The number of hydrogen-bond acceptors (Lipinski definition) is 2. The molecule has 6 heteroatoms. The minimum absolute atomic E-state index is 0.161. The van der Waals surface area contributed by atoms with Crippen molar-refractivity contribution in [3.63, 3.8) is 0 Å². The summed E-state index contributed by atoms with van der Waals surface area (Å²) in [5.41, 5.74) is 6.04. The van der Waals surface area contributed by atoms with Gasteiger partial charge < -0.3 is 10.7 Å². The molecule has 2 rings (SSSR count). The number of aromatic amines is 1. The highest BCUT2D eigenvalue weighted by Crippen LogP contribution is 2.30. The van der Waals surface area contributed by atoms with Gasteiger partial charge in [0.15, 0.2) is 5.95 Å². The van der Waals surface area contributed by atoms with Crippen LogP contribution in [0.4, 0.5) is 10.3 Å². The maximum Gasteiger partial charge on any atom is 0.199 e. The number of hydrogen-bond donors (Lipinski definition) is 2. The lowest BCUT2D eigenvalue weighted by Crippen LogP contribution is -1.87. The minimum Gasteiger partial charge on any atom is -0.369 e. The Morgan fingerprint density at radius 2 is 2.20 bits per heavy atom. The predicted molar refractivity (Wildman–Crippen MR) is 61.1 cm³/mol. The lowest BCUT2D eigenvalue weighted by Gasteiger charge is -2.00. The van der Waals surface area contributed by atoms with Crippen LogP contribution in [0.1, 0.15) is 0 Å². The smallest absolute Gasteiger partial charge is 0.199 e. The summed E-state index contributed by atoms with van der Waals surface area (Å²) in [6, 6.07) is 4.53. The fourth-order valence-electron chi connectivity index (χ4n) is 1.23. The highest BCUT2D eigenvalue weighted by Gasteiger charge is 2.13. The molecule has 0 aliphatic carbocycles. The molecular formula is C9H6BrClFN3. The third-order valence-electron chi connectivity index (χ3n) is 1.86. The van der Waals surface area contributed by atoms with Crippen LogP contribution < -0.4 is 5.73 Å². The molecule has 0 spiro atoms. The van der Waals surface area contributed by atoms with Crippen molar-refractivity contribution in [2.45, 2.75) is 0 Å². The van der Waals surface area contributed by atoms with Gasteiger partial charge in [-0.15, -0.1) is 0 Å². The van der Waals surface area contributed by atoms with Crippen molar-refractivity contribution in [2.75, 3.05) is 5.73 Å². The number of anilines is 1. The molecule has 0 aliphatic heterocycles. The van der Waals surface area contributed by atoms with Crippen LogP contribution in [0.15, 0.2) is 22.7 Å². The van der Waals surface area contributed by atoms with Gasteiger partial charge in [0.25, 0.3) is 0 Å². The quantitative estimate of drug-likeness (QED) is 0.847. The fraction of sp³-hybridized carbons (Fsp3) is 0. The first-order chi connectivity index (χ1) is 7.08. The van der Waals surface area contributed by atoms with Crippen LogP contribution in [0.25, 0.3) is 11.3 Å². The standard InChI is InChI=1S/C9H6BrClFN3/c10-4-1-2-6(12)5(3-4)7-8(11)15-9(13)14-7/h1-3H,(H3,13,14,15). The van der Waals surface area contributed by atoms with Crippen molar-refractivity contribution < 1.29 is 4.39 Å². The largest absolute Gasteiger partial charge is 0.369 e. The summed E-state index contributed by atoms with van der Waals surface area (Å²) in [6.07, 6.45) is 0. The Morgan fingerprint density at radius 1 is 1.47 bits per heavy atom. The average molecular weight is 291 g/mol. The second kappa shape index (κ2) is 3.83. The maximum absolute atomic E-state index is 13.5. The van der Waals surface area contributed by atoms with Crippen LogP contribution in [0, 0.1) is 5.82 Å². The van der Waals surface area contributed by atoms with Gasteiger partial charge in [0.05, 0.1) is 0 Å². The van der Waals surface area contributed by atoms with E-state index < -0.39 is 5.82 Å². The van der Waals surface area contributed by atoms with Crippen LogP contribution >= 0.6 is 27.5 Å². The number of nitrogens with one attached hydrogen (secondary N) is 1. The summed E-state index contributed by atoms with van der Waals surface area (Å²) in [4.78, 5) is 6.51. The minimum atomic E-state index is -0.397. The zero-order chi connectivity index (χ0) is 11.0. The Labute approximate surface area is 98.6 Å². The van der Waals surface area contributed by atoms with Crippen molar-refractivity contribution in [1.29, 1.82) is 0 Å². The van der Waals surface area contributed by atoms with Crippen LogP contribution in [0.2, 0.25) is 5.15 Å². The summed E-state index contributed by atoms with van der Waals surface area (Å²) in [6.45, 7) is 0. The molecule has 1 heterocycles. The molecule has 0 radical (unpaired) electrons. The van der Waals surface area contributed by atoms with Crippen LogP contribution in [0.3, 0.4) is 0 Å². The van der Waals surface area contributed by atoms with E-state index in [2.05, 4.69) is 25.9 Å². The molecule has 15 heavy (non-hydrogen) atoms. The van der Waals surface area contributed by atoms with Gasteiger partial charge in [-0.25, -0.2) is 9.37 Å². The lowest BCUT2D eigenvalue weighted by atomic mass is 10.1. The molecule has 0 unspecified atom stereocenters. The van der Waals surface area contributed by atoms with Gasteiger partial charge in [-0.3, -0.25) is 0 Å². The second-order valence-electron chi connectivity index (χ2n) is 2.91. The van der Waals surface area contributed by atoms with E-state index in [0.29, 0.717) is 11.3 Å². The van der Waals surface area contributed by atoms with E-state index in [9.17, 15) is 4.39 Å². The Morgan fingerprint density at radius 3 is 2.80 bits per heavy atom. The van der Waals surface area contributed by atoms with Gasteiger partial charge in [0.1, 0.15) is 16.7 Å². The first kappa shape index (κ1) is 10.4. The number of halogens is 3. The number of benzene rings is 1. The molecule has 0 amide bonds. The zero-order valence-corrected chi connectivity index (χ0v) is 9.73. The van der Waals surface area contributed by atoms with E-state index in [1.165, 1.54) is 6.07 Å². The predicted octanol–water partition coefficient (Wildman–Crippen LogP) is 3.21. The lowest BCUT2D eigenvalue weighted by molar-refractivity contribution is 0.630. The van der Waals surface area contributed by atoms with Gasteiger partial charge in [-0.1, -0.05) is 27.5 Å². The zero-order valence-electron chi connectivity index (χ0n) is 7.39.